The predicted molar refractivity (Wildman–Crippen MR) is 66.5 cm³/mol. The number of nitrogens with one attached hydrogen (secondary N) is 2. The third-order valence-electron chi connectivity index (χ3n) is 2.50. The van der Waals surface area contributed by atoms with Crippen molar-refractivity contribution in [2.24, 2.45) is 5.41 Å². The molecule has 2 aromatic heterocycles. The fourth-order valence-electron chi connectivity index (χ4n) is 1.44. The van der Waals surface area contributed by atoms with Crippen molar-refractivity contribution in [2.45, 2.75) is 27.5 Å². The highest BCUT2D eigenvalue weighted by atomic mass is 16.5. The van der Waals surface area contributed by atoms with Crippen LogP contribution in [-0.4, -0.2) is 25.5 Å². The number of carbonyl (C=O) groups is 1. The van der Waals surface area contributed by atoms with Crippen molar-refractivity contribution in [3.05, 3.63) is 27.2 Å². The average Bonchev–Trinajstić information content (AvgIpc) is 2.76. The van der Waals surface area contributed by atoms with E-state index in [4.69, 9.17) is 4.74 Å². The van der Waals surface area contributed by atoms with E-state index in [0.717, 1.165) is 4.57 Å². The Balaban J connectivity index is 2.37. The first-order valence-corrected chi connectivity index (χ1v) is 5.64. The summed E-state index contributed by atoms with van der Waals surface area (Å²) in [6, 6.07) is 0. The molecule has 0 spiro atoms. The number of carbonyl (C=O) groups excluding carboxylic acids is 1. The predicted octanol–water partition coefficient (Wildman–Crippen LogP) is -0.0403. The second-order valence-corrected chi connectivity index (χ2v) is 5.10. The van der Waals surface area contributed by atoms with Crippen LogP contribution in [0.15, 0.2) is 15.9 Å². The molecule has 0 bridgehead atoms. The van der Waals surface area contributed by atoms with Crippen LogP contribution in [0.2, 0.25) is 0 Å². The molecule has 0 radical (unpaired) electrons. The lowest BCUT2D eigenvalue weighted by Gasteiger charge is -2.16. The first-order chi connectivity index (χ1) is 8.80. The number of aromatic nitrogens is 4. The van der Waals surface area contributed by atoms with Gasteiger partial charge in [-0.15, -0.1) is 0 Å². The molecule has 0 saturated heterocycles. The summed E-state index contributed by atoms with van der Waals surface area (Å²) >= 11 is 0. The molecule has 0 aliphatic heterocycles. The summed E-state index contributed by atoms with van der Waals surface area (Å²) in [7, 11) is 0. The smallest absolute Gasteiger partial charge is 0.332 e. The van der Waals surface area contributed by atoms with Gasteiger partial charge in [0.15, 0.2) is 12.4 Å². The number of ether oxygens (including phenoxy) is 1. The maximum Gasteiger partial charge on any atom is 0.332 e. The lowest BCUT2D eigenvalue weighted by molar-refractivity contribution is -0.156. The Morgan fingerprint density at radius 1 is 1.42 bits per heavy atom. The van der Waals surface area contributed by atoms with Crippen molar-refractivity contribution in [3.63, 3.8) is 0 Å². The van der Waals surface area contributed by atoms with Crippen molar-refractivity contribution >= 4 is 17.1 Å². The second kappa shape index (κ2) is 4.38. The van der Waals surface area contributed by atoms with Crippen LogP contribution in [0.1, 0.15) is 20.8 Å². The van der Waals surface area contributed by atoms with Gasteiger partial charge in [-0.1, -0.05) is 0 Å². The van der Waals surface area contributed by atoms with Gasteiger partial charge in [-0.3, -0.25) is 14.6 Å². The highest BCUT2D eigenvalue weighted by Crippen LogP contribution is 2.15. The molecule has 19 heavy (non-hydrogen) atoms. The number of aromatic amines is 2. The zero-order valence-electron chi connectivity index (χ0n) is 10.8. The third-order valence-corrected chi connectivity index (χ3v) is 2.50. The highest BCUT2D eigenvalue weighted by molar-refractivity contribution is 5.75. The standard InChI is InChI=1S/C11H14N4O4/c1-11(2,3)9(17)19-5-15-7-6(12-4-13-7)8(16)14-10(15)18/h4H,5H2,1-3H3,(H,12,13)(H,14,16,18). The van der Waals surface area contributed by atoms with Crippen LogP contribution < -0.4 is 11.2 Å². The van der Waals surface area contributed by atoms with E-state index in [1.165, 1.54) is 6.33 Å². The van der Waals surface area contributed by atoms with Crippen LogP contribution in [0.25, 0.3) is 11.2 Å². The van der Waals surface area contributed by atoms with Crippen LogP contribution >= 0.6 is 0 Å². The maximum atomic E-state index is 11.7. The number of fused-ring (bicyclic) bond motifs is 1. The van der Waals surface area contributed by atoms with E-state index in [9.17, 15) is 14.4 Å². The van der Waals surface area contributed by atoms with Gasteiger partial charge < -0.3 is 9.72 Å². The van der Waals surface area contributed by atoms with E-state index in [1.54, 1.807) is 20.8 Å². The summed E-state index contributed by atoms with van der Waals surface area (Å²) in [6.45, 7) is 4.81. The molecule has 8 nitrogen and oxygen atoms in total. The lowest BCUT2D eigenvalue weighted by atomic mass is 9.98. The summed E-state index contributed by atoms with van der Waals surface area (Å²) in [5.74, 6) is -0.450. The number of H-pyrrole nitrogens is 2. The van der Waals surface area contributed by atoms with E-state index in [1.807, 2.05) is 0 Å². The molecule has 0 atom stereocenters. The summed E-state index contributed by atoms with van der Waals surface area (Å²) in [4.78, 5) is 43.4. The van der Waals surface area contributed by atoms with Crippen LogP contribution in [0.4, 0.5) is 0 Å². The SMILES string of the molecule is CC(C)(C)C(=O)OCn1c(=O)[nH]c(=O)c2[nH]cnc21. The number of hydrogen-bond acceptors (Lipinski definition) is 5. The molecule has 2 aromatic rings. The van der Waals surface area contributed by atoms with Crippen LogP contribution in [0.3, 0.4) is 0 Å². The molecule has 0 aliphatic rings. The zero-order valence-corrected chi connectivity index (χ0v) is 10.8. The van der Waals surface area contributed by atoms with Crippen molar-refractivity contribution in [1.29, 1.82) is 0 Å². The fraction of sp³-hybridized carbons (Fsp3) is 0.455. The van der Waals surface area contributed by atoms with Gasteiger partial charge in [-0.2, -0.15) is 0 Å². The number of esters is 1. The summed E-state index contributed by atoms with van der Waals surface area (Å²) in [5, 5.41) is 0. The Kier molecular flexibility index (Phi) is 3.01. The average molecular weight is 266 g/mol. The zero-order chi connectivity index (χ0) is 14.2. The Morgan fingerprint density at radius 2 is 2.11 bits per heavy atom. The first-order valence-electron chi connectivity index (χ1n) is 5.64. The fourth-order valence-corrected chi connectivity index (χ4v) is 1.44. The Bertz CT molecular complexity index is 731. The highest BCUT2D eigenvalue weighted by Gasteiger charge is 2.23. The monoisotopic (exact) mass is 266 g/mol. The summed E-state index contributed by atoms with van der Waals surface area (Å²) in [5.41, 5.74) is -1.60. The van der Waals surface area contributed by atoms with Gasteiger partial charge >= 0.3 is 11.7 Å². The van der Waals surface area contributed by atoms with Gasteiger partial charge in [0, 0.05) is 0 Å². The van der Waals surface area contributed by atoms with E-state index in [-0.39, 0.29) is 17.9 Å². The van der Waals surface area contributed by atoms with Gasteiger partial charge in [-0.05, 0) is 20.8 Å². The molecule has 102 valence electrons. The lowest BCUT2D eigenvalue weighted by Crippen LogP contribution is -2.33. The maximum absolute atomic E-state index is 11.7. The Labute approximate surface area is 107 Å². The first kappa shape index (κ1) is 13.1. The minimum Gasteiger partial charge on any atom is -0.443 e. The van der Waals surface area contributed by atoms with Gasteiger partial charge in [-0.25, -0.2) is 14.3 Å². The van der Waals surface area contributed by atoms with Crippen molar-refractivity contribution in [2.75, 3.05) is 0 Å². The minimum atomic E-state index is -0.675. The normalized spacial score (nSPS) is 11.7. The molecule has 0 aromatic carbocycles. The molecule has 2 heterocycles. The molecular formula is C11H14N4O4. The van der Waals surface area contributed by atoms with E-state index in [0.29, 0.717) is 0 Å². The van der Waals surface area contributed by atoms with Crippen LogP contribution in [-0.2, 0) is 16.3 Å². The summed E-state index contributed by atoms with van der Waals surface area (Å²) in [6.07, 6.45) is 1.29. The van der Waals surface area contributed by atoms with E-state index < -0.39 is 22.6 Å². The molecule has 0 unspecified atom stereocenters. The third kappa shape index (κ3) is 2.42. The molecule has 0 amide bonds. The minimum absolute atomic E-state index is 0.149. The second-order valence-electron chi connectivity index (χ2n) is 5.10. The molecule has 0 fully saturated rings. The Morgan fingerprint density at radius 3 is 2.74 bits per heavy atom. The van der Waals surface area contributed by atoms with E-state index in [2.05, 4.69) is 15.0 Å². The Hall–Kier alpha value is -2.38. The quantitative estimate of drug-likeness (QED) is 0.741. The molecular weight excluding hydrogens is 252 g/mol. The van der Waals surface area contributed by atoms with Crippen LogP contribution in [0.5, 0.6) is 0 Å². The van der Waals surface area contributed by atoms with Crippen molar-refractivity contribution in [1.82, 2.24) is 19.5 Å². The van der Waals surface area contributed by atoms with Crippen molar-refractivity contribution < 1.29 is 9.53 Å². The van der Waals surface area contributed by atoms with E-state index >= 15 is 0 Å². The molecule has 2 N–H and O–H groups in total. The van der Waals surface area contributed by atoms with Gasteiger partial charge in [0.25, 0.3) is 5.56 Å². The number of nitrogens with zero attached hydrogens (tertiary/aromatic N) is 2. The molecule has 0 aliphatic carbocycles. The van der Waals surface area contributed by atoms with Gasteiger partial charge in [0.1, 0.15) is 5.52 Å². The number of imidazole rings is 1. The molecule has 2 rings (SSSR count). The topological polar surface area (TPSA) is 110 Å². The van der Waals surface area contributed by atoms with Crippen molar-refractivity contribution in [3.8, 4) is 0 Å². The molecule has 8 heteroatoms. The summed E-state index contributed by atoms with van der Waals surface area (Å²) < 4.78 is 6.12. The molecule has 0 saturated carbocycles. The number of rotatable bonds is 2. The largest absolute Gasteiger partial charge is 0.443 e. The number of hydrogen-bond donors (Lipinski definition) is 2. The van der Waals surface area contributed by atoms with Crippen LogP contribution in [0, 0.1) is 5.41 Å². The van der Waals surface area contributed by atoms with Gasteiger partial charge in [0.2, 0.25) is 0 Å². The van der Waals surface area contributed by atoms with Gasteiger partial charge in [0.05, 0.1) is 11.7 Å².